The molecule has 3 atom stereocenters. The Hall–Kier alpha value is -2.47. The van der Waals surface area contributed by atoms with Gasteiger partial charge in [-0.05, 0) is 31.7 Å². The minimum Gasteiger partial charge on any atom is -0.449 e. The van der Waals surface area contributed by atoms with Crippen LogP contribution in [-0.4, -0.2) is 54.5 Å². The van der Waals surface area contributed by atoms with Crippen LogP contribution in [0.15, 0.2) is 24.3 Å². The summed E-state index contributed by atoms with van der Waals surface area (Å²) in [7, 11) is 2.12. The van der Waals surface area contributed by atoms with E-state index in [0.717, 1.165) is 67.6 Å². The number of esters is 1. The lowest BCUT2D eigenvalue weighted by molar-refractivity contribution is -0.895. The van der Waals surface area contributed by atoms with Crippen molar-refractivity contribution < 1.29 is 19.2 Å². The summed E-state index contributed by atoms with van der Waals surface area (Å²) >= 11 is 0. The molecule has 1 N–H and O–H groups in total. The van der Waals surface area contributed by atoms with Gasteiger partial charge in [0, 0.05) is 30.5 Å². The monoisotopic (exact) mass is 396 g/mol. The first-order valence-electron chi connectivity index (χ1n) is 10.7. The topological polar surface area (TPSA) is 63.9 Å². The van der Waals surface area contributed by atoms with E-state index in [1.807, 2.05) is 29.2 Å². The number of piperidine rings is 1. The van der Waals surface area contributed by atoms with E-state index in [0.29, 0.717) is 11.5 Å². The number of nitrogens with zero attached hydrogens (tertiary/aromatic N) is 2. The summed E-state index contributed by atoms with van der Waals surface area (Å²) in [5.74, 6) is -0.0226. The van der Waals surface area contributed by atoms with Crippen molar-refractivity contribution in [2.45, 2.75) is 45.8 Å². The Morgan fingerprint density at radius 1 is 1.31 bits per heavy atom. The first-order valence-corrected chi connectivity index (χ1v) is 10.7. The molecule has 1 saturated heterocycles. The number of pyridine rings is 1. The minimum atomic E-state index is -0.788. The Morgan fingerprint density at radius 3 is 2.90 bits per heavy atom. The molecule has 0 saturated carbocycles. The predicted molar refractivity (Wildman–Crippen MR) is 111 cm³/mol. The molecule has 29 heavy (non-hydrogen) atoms. The van der Waals surface area contributed by atoms with Gasteiger partial charge in [-0.1, -0.05) is 25.1 Å². The van der Waals surface area contributed by atoms with Crippen molar-refractivity contribution in [2.75, 3.05) is 26.7 Å². The smallest absolute Gasteiger partial charge is 0.340 e. The second-order valence-corrected chi connectivity index (χ2v) is 8.64. The van der Waals surface area contributed by atoms with Crippen molar-refractivity contribution >= 4 is 22.8 Å². The molecule has 0 radical (unpaired) electrons. The number of likely N-dealkylation sites (N-methyl/N-ethyl adjacent to an activating group) is 1. The first-order chi connectivity index (χ1) is 13.9. The number of amides is 1. The highest BCUT2D eigenvalue weighted by atomic mass is 16.5. The Kier molecular flexibility index (Phi) is 5.54. The van der Waals surface area contributed by atoms with Gasteiger partial charge in [-0.2, -0.15) is 0 Å². The maximum atomic E-state index is 13.3. The molecule has 1 amide bonds. The third kappa shape index (κ3) is 3.99. The molecule has 6 nitrogen and oxygen atoms in total. The second-order valence-electron chi connectivity index (χ2n) is 8.64. The molecule has 2 aromatic rings. The first kappa shape index (κ1) is 19.8. The van der Waals surface area contributed by atoms with Crippen LogP contribution < -0.4 is 4.90 Å². The molecule has 1 unspecified atom stereocenters. The van der Waals surface area contributed by atoms with Gasteiger partial charge >= 0.3 is 5.97 Å². The summed E-state index contributed by atoms with van der Waals surface area (Å²) in [6, 6.07) is 7.69. The lowest BCUT2D eigenvalue weighted by atomic mass is 9.96. The van der Waals surface area contributed by atoms with E-state index in [-0.39, 0.29) is 5.91 Å². The summed E-state index contributed by atoms with van der Waals surface area (Å²) in [4.78, 5) is 34.1. The van der Waals surface area contributed by atoms with Crippen LogP contribution in [0, 0.1) is 5.92 Å². The zero-order chi connectivity index (χ0) is 20.5. The largest absolute Gasteiger partial charge is 0.449 e. The maximum Gasteiger partial charge on any atom is 0.340 e. The zero-order valence-corrected chi connectivity index (χ0v) is 17.5. The van der Waals surface area contributed by atoms with Crippen LogP contribution in [0.2, 0.25) is 0 Å². The molecular weight excluding hydrogens is 366 g/mol. The van der Waals surface area contributed by atoms with E-state index in [2.05, 4.69) is 14.0 Å². The summed E-state index contributed by atoms with van der Waals surface area (Å²) in [6.07, 6.45) is 2.20. The molecule has 0 aliphatic carbocycles. The van der Waals surface area contributed by atoms with Crippen molar-refractivity contribution in [3.05, 3.63) is 41.1 Å². The SMILES string of the molecule is C[C@@H]1CCCN(C(=O)[C@H](C)OC(=O)c2c3c(nc4ccccc24)CC[NH+](C)C3)C1. The van der Waals surface area contributed by atoms with Gasteiger partial charge in [-0.3, -0.25) is 9.78 Å². The molecule has 1 aromatic heterocycles. The molecule has 1 aromatic carbocycles. The average molecular weight is 397 g/mol. The molecule has 6 heteroatoms. The Bertz CT molecular complexity index is 942. The van der Waals surface area contributed by atoms with Gasteiger partial charge in [-0.25, -0.2) is 4.79 Å². The maximum absolute atomic E-state index is 13.3. The van der Waals surface area contributed by atoms with Crippen molar-refractivity contribution in [1.82, 2.24) is 9.88 Å². The third-order valence-corrected chi connectivity index (χ3v) is 6.15. The van der Waals surface area contributed by atoms with Crippen LogP contribution in [0.25, 0.3) is 10.9 Å². The molecule has 3 heterocycles. The van der Waals surface area contributed by atoms with Gasteiger partial charge in [0.25, 0.3) is 5.91 Å². The van der Waals surface area contributed by atoms with Gasteiger partial charge in [0.1, 0.15) is 6.54 Å². The highest BCUT2D eigenvalue weighted by Crippen LogP contribution is 2.26. The number of carbonyl (C=O) groups excluding carboxylic acids is 2. The number of carbonyl (C=O) groups is 2. The van der Waals surface area contributed by atoms with E-state index in [4.69, 9.17) is 9.72 Å². The van der Waals surface area contributed by atoms with E-state index < -0.39 is 12.1 Å². The highest BCUT2D eigenvalue weighted by molar-refractivity contribution is 6.05. The summed E-state index contributed by atoms with van der Waals surface area (Å²) in [5.41, 5.74) is 3.33. The molecule has 154 valence electrons. The van der Waals surface area contributed by atoms with Gasteiger partial charge < -0.3 is 14.5 Å². The van der Waals surface area contributed by atoms with E-state index >= 15 is 0 Å². The lowest BCUT2D eigenvalue weighted by Crippen LogP contribution is -3.08. The molecule has 0 spiro atoms. The van der Waals surface area contributed by atoms with E-state index in [1.165, 1.54) is 4.90 Å². The number of aromatic nitrogens is 1. The number of rotatable bonds is 3. The Morgan fingerprint density at radius 2 is 2.10 bits per heavy atom. The van der Waals surface area contributed by atoms with Gasteiger partial charge in [0.2, 0.25) is 0 Å². The predicted octanol–water partition coefficient (Wildman–Crippen LogP) is 1.61. The molecule has 2 aliphatic rings. The lowest BCUT2D eigenvalue weighted by Gasteiger charge is -2.32. The third-order valence-electron chi connectivity index (χ3n) is 6.15. The summed E-state index contributed by atoms with van der Waals surface area (Å²) < 4.78 is 5.73. The van der Waals surface area contributed by atoms with Crippen LogP contribution in [0.3, 0.4) is 0 Å². The quantitative estimate of drug-likeness (QED) is 0.801. The van der Waals surface area contributed by atoms with Gasteiger partial charge in [0.15, 0.2) is 6.10 Å². The minimum absolute atomic E-state index is 0.0973. The number of hydrogen-bond donors (Lipinski definition) is 1. The summed E-state index contributed by atoms with van der Waals surface area (Å²) in [6.45, 7) is 7.06. The summed E-state index contributed by atoms with van der Waals surface area (Å²) in [5, 5.41) is 0.803. The fourth-order valence-electron chi connectivity index (χ4n) is 4.57. The van der Waals surface area contributed by atoms with Crippen molar-refractivity contribution in [3.8, 4) is 0 Å². The number of likely N-dealkylation sites (tertiary alicyclic amines) is 1. The zero-order valence-electron chi connectivity index (χ0n) is 17.5. The van der Waals surface area contributed by atoms with Crippen molar-refractivity contribution in [2.24, 2.45) is 5.92 Å². The van der Waals surface area contributed by atoms with Crippen LogP contribution in [0.1, 0.15) is 48.3 Å². The van der Waals surface area contributed by atoms with Crippen molar-refractivity contribution in [1.29, 1.82) is 0 Å². The van der Waals surface area contributed by atoms with E-state index in [9.17, 15) is 9.59 Å². The fraction of sp³-hybridized carbons (Fsp3) is 0.522. The average Bonchev–Trinajstić information content (AvgIpc) is 2.71. The van der Waals surface area contributed by atoms with Gasteiger partial charge in [-0.15, -0.1) is 0 Å². The number of nitrogens with one attached hydrogen (secondary N) is 1. The van der Waals surface area contributed by atoms with Crippen LogP contribution >= 0.6 is 0 Å². The molecule has 2 aliphatic heterocycles. The number of fused-ring (bicyclic) bond motifs is 2. The number of hydrogen-bond acceptors (Lipinski definition) is 4. The van der Waals surface area contributed by atoms with E-state index in [1.54, 1.807) is 6.92 Å². The molecule has 4 rings (SSSR count). The molecule has 1 fully saturated rings. The van der Waals surface area contributed by atoms with Crippen molar-refractivity contribution in [3.63, 3.8) is 0 Å². The normalized spacial score (nSPS) is 22.8. The van der Waals surface area contributed by atoms with Crippen LogP contribution in [0.4, 0.5) is 0 Å². The van der Waals surface area contributed by atoms with Crippen LogP contribution in [-0.2, 0) is 22.5 Å². The second kappa shape index (κ2) is 8.11. The molecular formula is C23H30N3O3+. The number of para-hydroxylation sites is 1. The fourth-order valence-corrected chi connectivity index (χ4v) is 4.57. The Labute approximate surface area is 171 Å². The van der Waals surface area contributed by atoms with Gasteiger partial charge in [0.05, 0.1) is 30.4 Å². The number of ether oxygens (including phenoxy) is 1. The number of benzene rings is 1. The van der Waals surface area contributed by atoms with Crippen LogP contribution in [0.5, 0.6) is 0 Å². The number of quaternary nitrogens is 1. The molecule has 0 bridgehead atoms. The standard InChI is InChI=1S/C23H29N3O3/c1-15-7-6-11-26(13-15)22(27)16(2)29-23(28)21-17-8-4-5-9-19(17)24-20-10-12-25(3)14-18(20)21/h4-5,8-9,15-16H,6-7,10-14H2,1-3H3/p+1/t15-,16+/m1/s1. The Balaban J connectivity index is 1.63. The highest BCUT2D eigenvalue weighted by Gasteiger charge is 2.31.